The molecule has 0 atom stereocenters. The molecular formula is C18H24N6O2. The van der Waals surface area contributed by atoms with E-state index in [2.05, 4.69) is 26.8 Å². The molecule has 2 aromatic rings. The summed E-state index contributed by atoms with van der Waals surface area (Å²) in [5.74, 6) is 2.26. The second-order valence-corrected chi connectivity index (χ2v) is 6.97. The van der Waals surface area contributed by atoms with Crippen LogP contribution in [0.1, 0.15) is 30.3 Å². The number of carbonyl (C=O) groups excluding carboxylic acids is 1. The molecule has 26 heavy (non-hydrogen) atoms. The number of anilines is 1. The number of piperidine rings is 1. The first-order valence-electron chi connectivity index (χ1n) is 9.19. The number of ether oxygens (including phenoxy) is 1. The fraction of sp³-hybridized carbons (Fsp3) is 0.556. The van der Waals surface area contributed by atoms with Gasteiger partial charge in [-0.25, -0.2) is 15.0 Å². The molecule has 0 saturated carbocycles. The largest absolute Gasteiger partial charge is 0.378 e. The maximum Gasteiger partial charge on any atom is 0.274 e. The average Bonchev–Trinajstić information content (AvgIpc) is 3.19. The molecule has 0 aromatic carbocycles. The minimum atomic E-state index is -0.00175. The normalized spacial score (nSPS) is 19.0. The Hall–Kier alpha value is -2.48. The van der Waals surface area contributed by atoms with E-state index in [1.54, 1.807) is 23.4 Å². The number of rotatable bonds is 3. The Bertz CT molecular complexity index is 763. The van der Waals surface area contributed by atoms with Crippen LogP contribution in [0.25, 0.3) is 5.82 Å². The lowest BCUT2D eigenvalue weighted by atomic mass is 9.99. The van der Waals surface area contributed by atoms with Gasteiger partial charge in [-0.05, 0) is 18.8 Å². The molecule has 1 amide bonds. The molecule has 0 bridgehead atoms. The lowest BCUT2D eigenvalue weighted by Gasteiger charge is -2.29. The van der Waals surface area contributed by atoms with Crippen molar-refractivity contribution in [3.8, 4) is 5.82 Å². The molecule has 138 valence electrons. The summed E-state index contributed by atoms with van der Waals surface area (Å²) < 4.78 is 7.17. The van der Waals surface area contributed by atoms with Gasteiger partial charge in [0.2, 0.25) is 0 Å². The van der Waals surface area contributed by atoms with Crippen LogP contribution in [0.4, 0.5) is 5.82 Å². The van der Waals surface area contributed by atoms with E-state index >= 15 is 0 Å². The van der Waals surface area contributed by atoms with Gasteiger partial charge in [0.25, 0.3) is 5.91 Å². The van der Waals surface area contributed by atoms with Gasteiger partial charge in [0, 0.05) is 38.4 Å². The number of morpholine rings is 1. The van der Waals surface area contributed by atoms with Crippen LogP contribution < -0.4 is 4.90 Å². The monoisotopic (exact) mass is 356 g/mol. The second kappa shape index (κ2) is 7.41. The fourth-order valence-electron chi connectivity index (χ4n) is 3.38. The van der Waals surface area contributed by atoms with Crippen molar-refractivity contribution in [3.05, 3.63) is 30.6 Å². The number of hydrogen-bond acceptors (Lipinski definition) is 6. The third-order valence-electron chi connectivity index (χ3n) is 5.11. The summed E-state index contributed by atoms with van der Waals surface area (Å²) in [6.45, 7) is 6.89. The molecular weight excluding hydrogens is 332 g/mol. The molecule has 0 unspecified atom stereocenters. The van der Waals surface area contributed by atoms with Gasteiger partial charge >= 0.3 is 0 Å². The van der Waals surface area contributed by atoms with E-state index in [1.807, 2.05) is 11.0 Å². The van der Waals surface area contributed by atoms with Crippen LogP contribution in [-0.2, 0) is 4.74 Å². The zero-order valence-electron chi connectivity index (χ0n) is 15.0. The minimum absolute atomic E-state index is 0.00175. The molecule has 0 spiro atoms. The summed E-state index contributed by atoms with van der Waals surface area (Å²) in [6, 6.07) is 1.92. The van der Waals surface area contributed by atoms with Crippen molar-refractivity contribution >= 4 is 11.7 Å². The number of amides is 1. The van der Waals surface area contributed by atoms with E-state index in [1.165, 1.54) is 0 Å². The Morgan fingerprint density at radius 3 is 2.58 bits per heavy atom. The van der Waals surface area contributed by atoms with Crippen molar-refractivity contribution in [3.63, 3.8) is 0 Å². The molecule has 0 radical (unpaired) electrons. The van der Waals surface area contributed by atoms with Crippen LogP contribution in [0.5, 0.6) is 0 Å². The highest BCUT2D eigenvalue weighted by molar-refractivity contribution is 5.92. The van der Waals surface area contributed by atoms with E-state index in [0.29, 0.717) is 30.6 Å². The van der Waals surface area contributed by atoms with Crippen LogP contribution in [0.2, 0.25) is 0 Å². The molecule has 2 aromatic heterocycles. The number of likely N-dealkylation sites (tertiary alicyclic amines) is 1. The highest BCUT2D eigenvalue weighted by atomic mass is 16.5. The van der Waals surface area contributed by atoms with E-state index in [4.69, 9.17) is 4.74 Å². The summed E-state index contributed by atoms with van der Waals surface area (Å²) in [4.78, 5) is 29.7. The van der Waals surface area contributed by atoms with Crippen LogP contribution in [-0.4, -0.2) is 69.7 Å². The van der Waals surface area contributed by atoms with Crippen molar-refractivity contribution < 1.29 is 9.53 Å². The van der Waals surface area contributed by atoms with Crippen LogP contribution >= 0.6 is 0 Å². The van der Waals surface area contributed by atoms with Gasteiger partial charge in [-0.1, -0.05) is 6.92 Å². The highest BCUT2D eigenvalue weighted by Gasteiger charge is 2.23. The number of hydrogen-bond donors (Lipinski definition) is 0. The first-order chi connectivity index (χ1) is 12.7. The zero-order chi connectivity index (χ0) is 17.9. The quantitative estimate of drug-likeness (QED) is 0.827. The van der Waals surface area contributed by atoms with Gasteiger partial charge in [0.05, 0.1) is 13.2 Å². The fourth-order valence-corrected chi connectivity index (χ4v) is 3.38. The zero-order valence-corrected chi connectivity index (χ0v) is 15.0. The van der Waals surface area contributed by atoms with Crippen LogP contribution in [0.15, 0.2) is 24.9 Å². The van der Waals surface area contributed by atoms with Gasteiger partial charge in [-0.2, -0.15) is 0 Å². The maximum absolute atomic E-state index is 12.7. The predicted octanol–water partition coefficient (Wildman–Crippen LogP) is 1.37. The molecule has 4 rings (SSSR count). The van der Waals surface area contributed by atoms with E-state index in [0.717, 1.165) is 44.8 Å². The predicted molar refractivity (Wildman–Crippen MR) is 96.5 cm³/mol. The van der Waals surface area contributed by atoms with Crippen LogP contribution in [0, 0.1) is 5.92 Å². The molecule has 2 fully saturated rings. The molecule has 4 heterocycles. The smallest absolute Gasteiger partial charge is 0.274 e. The van der Waals surface area contributed by atoms with Gasteiger partial charge in [0.15, 0.2) is 0 Å². The van der Waals surface area contributed by atoms with Gasteiger partial charge in [-0.15, -0.1) is 0 Å². The van der Waals surface area contributed by atoms with E-state index in [-0.39, 0.29) is 5.91 Å². The minimum Gasteiger partial charge on any atom is -0.378 e. The molecule has 2 aliphatic heterocycles. The summed E-state index contributed by atoms with van der Waals surface area (Å²) in [5.41, 5.74) is 0.464. The van der Waals surface area contributed by atoms with Crippen molar-refractivity contribution in [1.29, 1.82) is 0 Å². The molecule has 0 N–H and O–H groups in total. The SMILES string of the molecule is CC1CCN(C(=O)c2cn(-c3cc(N4CCOCC4)ncn3)cn2)CC1. The summed E-state index contributed by atoms with van der Waals surface area (Å²) in [5, 5.41) is 0. The van der Waals surface area contributed by atoms with Crippen molar-refractivity contribution in [2.45, 2.75) is 19.8 Å². The standard InChI is InChI=1S/C18H24N6O2/c1-14-2-4-23(5-3-14)18(25)15-11-24(13-21-15)17-10-16(19-12-20-17)22-6-8-26-9-7-22/h10-14H,2-9H2,1H3. The molecule has 8 nitrogen and oxygen atoms in total. The van der Waals surface area contributed by atoms with Crippen molar-refractivity contribution in [2.24, 2.45) is 5.92 Å². The molecule has 8 heteroatoms. The highest BCUT2D eigenvalue weighted by Crippen LogP contribution is 2.19. The van der Waals surface area contributed by atoms with Gasteiger partial charge in [-0.3, -0.25) is 9.36 Å². The number of carbonyl (C=O) groups is 1. The third kappa shape index (κ3) is 3.55. The Labute approximate surface area is 152 Å². The van der Waals surface area contributed by atoms with Crippen molar-refractivity contribution in [1.82, 2.24) is 24.4 Å². The lowest BCUT2D eigenvalue weighted by molar-refractivity contribution is 0.0692. The Morgan fingerprint density at radius 2 is 1.81 bits per heavy atom. The second-order valence-electron chi connectivity index (χ2n) is 6.97. The molecule has 0 aliphatic carbocycles. The number of nitrogens with zero attached hydrogens (tertiary/aromatic N) is 6. The van der Waals surface area contributed by atoms with Crippen LogP contribution in [0.3, 0.4) is 0 Å². The van der Waals surface area contributed by atoms with Crippen molar-refractivity contribution in [2.75, 3.05) is 44.3 Å². The number of imidazole rings is 1. The summed E-state index contributed by atoms with van der Waals surface area (Å²) in [6.07, 6.45) is 7.06. The summed E-state index contributed by atoms with van der Waals surface area (Å²) >= 11 is 0. The van der Waals surface area contributed by atoms with Gasteiger partial charge < -0.3 is 14.5 Å². The summed E-state index contributed by atoms with van der Waals surface area (Å²) in [7, 11) is 0. The lowest BCUT2D eigenvalue weighted by Crippen LogP contribution is -2.38. The first-order valence-corrected chi connectivity index (χ1v) is 9.19. The van der Waals surface area contributed by atoms with E-state index < -0.39 is 0 Å². The molecule has 2 aliphatic rings. The average molecular weight is 356 g/mol. The number of aromatic nitrogens is 4. The Morgan fingerprint density at radius 1 is 1.08 bits per heavy atom. The topological polar surface area (TPSA) is 76.4 Å². The molecule has 2 saturated heterocycles. The van der Waals surface area contributed by atoms with E-state index in [9.17, 15) is 4.79 Å². The Kier molecular flexibility index (Phi) is 4.83. The Balaban J connectivity index is 1.50. The first kappa shape index (κ1) is 17.0. The third-order valence-corrected chi connectivity index (χ3v) is 5.11. The van der Waals surface area contributed by atoms with Gasteiger partial charge in [0.1, 0.15) is 30.0 Å². The maximum atomic E-state index is 12.7.